The summed E-state index contributed by atoms with van der Waals surface area (Å²) < 4.78 is 11.4. The van der Waals surface area contributed by atoms with Crippen molar-refractivity contribution in [2.24, 2.45) is 10.8 Å². The first-order valence-corrected chi connectivity index (χ1v) is 9.30. The van der Waals surface area contributed by atoms with Gasteiger partial charge in [0, 0.05) is 0 Å². The van der Waals surface area contributed by atoms with Gasteiger partial charge in [-0.3, -0.25) is 0 Å². The van der Waals surface area contributed by atoms with E-state index in [0.29, 0.717) is 23.5 Å². The summed E-state index contributed by atoms with van der Waals surface area (Å²) >= 11 is 0. The van der Waals surface area contributed by atoms with Crippen molar-refractivity contribution in [2.75, 3.05) is 0 Å². The molecule has 1 aromatic carbocycles. The lowest BCUT2D eigenvalue weighted by atomic mass is 9.65. The van der Waals surface area contributed by atoms with Crippen LogP contribution in [0.1, 0.15) is 57.3 Å². The molecule has 0 saturated heterocycles. The Morgan fingerprint density at radius 1 is 1.19 bits per heavy atom. The third-order valence-electron chi connectivity index (χ3n) is 5.19. The van der Waals surface area contributed by atoms with Crippen LogP contribution >= 0.6 is 0 Å². The second kappa shape index (κ2) is 7.18. The fourth-order valence-corrected chi connectivity index (χ4v) is 3.52. The first-order chi connectivity index (χ1) is 12.7. The summed E-state index contributed by atoms with van der Waals surface area (Å²) in [7, 11) is 0. The van der Waals surface area contributed by atoms with E-state index in [9.17, 15) is 9.59 Å². The smallest absolute Gasteiger partial charge is 0.343 e. The van der Waals surface area contributed by atoms with Crippen molar-refractivity contribution in [3.63, 3.8) is 0 Å². The third-order valence-corrected chi connectivity index (χ3v) is 5.19. The number of allylic oxidation sites excluding steroid dienone is 3. The summed E-state index contributed by atoms with van der Waals surface area (Å²) in [5, 5.41) is 0. The van der Waals surface area contributed by atoms with Gasteiger partial charge in [0.1, 0.15) is 11.5 Å². The molecule has 0 N–H and O–H groups in total. The second-order valence-electron chi connectivity index (χ2n) is 8.25. The largest absolute Gasteiger partial charge is 0.427 e. The molecule has 3 rings (SSSR count). The predicted molar refractivity (Wildman–Crippen MR) is 104 cm³/mol. The van der Waals surface area contributed by atoms with Gasteiger partial charge in [-0.15, -0.1) is 0 Å². The Hall–Kier alpha value is -2.62. The van der Waals surface area contributed by atoms with E-state index in [0.717, 1.165) is 12.8 Å². The molecule has 4 nitrogen and oxygen atoms in total. The van der Waals surface area contributed by atoms with E-state index in [1.54, 1.807) is 24.3 Å². The number of ether oxygens (including phenoxy) is 2. The van der Waals surface area contributed by atoms with Gasteiger partial charge in [0.25, 0.3) is 0 Å². The normalized spacial score (nSPS) is 23.3. The number of benzene rings is 1. The zero-order valence-electron chi connectivity index (χ0n) is 16.4. The number of hydrogen-bond acceptors (Lipinski definition) is 4. The molecule has 0 fully saturated rings. The van der Waals surface area contributed by atoms with Gasteiger partial charge in [0.15, 0.2) is 0 Å². The van der Waals surface area contributed by atoms with Crippen LogP contribution in [0.15, 0.2) is 65.7 Å². The van der Waals surface area contributed by atoms with E-state index in [-0.39, 0.29) is 5.41 Å². The molecule has 0 unspecified atom stereocenters. The minimum Gasteiger partial charge on any atom is -0.427 e. The Morgan fingerprint density at radius 2 is 1.89 bits per heavy atom. The molecule has 0 bridgehead atoms. The Morgan fingerprint density at radius 3 is 2.56 bits per heavy atom. The van der Waals surface area contributed by atoms with Gasteiger partial charge in [-0.2, -0.15) is 0 Å². The zero-order valence-corrected chi connectivity index (χ0v) is 16.4. The lowest BCUT2D eigenvalue weighted by Crippen LogP contribution is -2.39. The Labute approximate surface area is 160 Å². The molecule has 1 heterocycles. The molecule has 0 aromatic heterocycles. The number of hydrogen-bond donors (Lipinski definition) is 0. The van der Waals surface area contributed by atoms with Crippen LogP contribution in [0.4, 0.5) is 0 Å². The highest BCUT2D eigenvalue weighted by Gasteiger charge is 2.49. The Kier molecular flexibility index (Phi) is 5.09. The van der Waals surface area contributed by atoms with E-state index in [2.05, 4.69) is 19.9 Å². The zero-order chi connectivity index (χ0) is 19.7. The van der Waals surface area contributed by atoms with Crippen LogP contribution in [-0.2, 0) is 14.3 Å². The summed E-state index contributed by atoms with van der Waals surface area (Å²) in [5.74, 6) is 0.0198. The van der Waals surface area contributed by atoms with Crippen molar-refractivity contribution in [3.8, 4) is 0 Å². The molecule has 4 heteroatoms. The molecule has 1 aliphatic heterocycles. The minimum atomic E-state index is -0.620. The molecule has 2 aliphatic rings. The lowest BCUT2D eigenvalue weighted by Gasteiger charge is -2.44. The van der Waals surface area contributed by atoms with Crippen LogP contribution in [-0.4, -0.2) is 11.9 Å². The van der Waals surface area contributed by atoms with Crippen LogP contribution in [0.25, 0.3) is 0 Å². The van der Waals surface area contributed by atoms with Crippen molar-refractivity contribution in [3.05, 3.63) is 71.2 Å². The van der Waals surface area contributed by atoms with Crippen molar-refractivity contribution in [1.82, 2.24) is 0 Å². The van der Waals surface area contributed by atoms with E-state index in [1.807, 2.05) is 26.0 Å². The molecule has 0 spiro atoms. The monoisotopic (exact) mass is 366 g/mol. The molecule has 1 atom stereocenters. The maximum atomic E-state index is 12.7. The first kappa shape index (κ1) is 19.2. The number of carbonyl (C=O) groups excluding carboxylic acids is 2. The van der Waals surface area contributed by atoms with E-state index >= 15 is 0 Å². The van der Waals surface area contributed by atoms with E-state index in [4.69, 9.17) is 9.47 Å². The molecule has 0 saturated carbocycles. The second-order valence-corrected chi connectivity index (χ2v) is 8.25. The van der Waals surface area contributed by atoms with Crippen LogP contribution < -0.4 is 0 Å². The molecule has 0 amide bonds. The van der Waals surface area contributed by atoms with Gasteiger partial charge >= 0.3 is 11.9 Å². The molecule has 27 heavy (non-hydrogen) atoms. The fourth-order valence-electron chi connectivity index (χ4n) is 3.52. The van der Waals surface area contributed by atoms with Gasteiger partial charge in [-0.1, -0.05) is 43.7 Å². The quantitative estimate of drug-likeness (QED) is 0.534. The maximum Gasteiger partial charge on any atom is 0.343 e. The number of fused-ring (bicyclic) bond motifs is 1. The van der Waals surface area contributed by atoms with Gasteiger partial charge in [0.05, 0.1) is 17.1 Å². The molecular weight excluding hydrogens is 340 g/mol. The van der Waals surface area contributed by atoms with Crippen molar-refractivity contribution >= 4 is 11.9 Å². The average molecular weight is 366 g/mol. The molecule has 0 radical (unpaired) electrons. The minimum absolute atomic E-state index is 0.0734. The highest BCUT2D eigenvalue weighted by Crippen LogP contribution is 2.53. The van der Waals surface area contributed by atoms with Crippen LogP contribution in [0.3, 0.4) is 0 Å². The highest BCUT2D eigenvalue weighted by atomic mass is 16.6. The fraction of sp³-hybridized carbons (Fsp3) is 0.391. The first-order valence-electron chi connectivity index (χ1n) is 9.30. The standard InChI is InChI=1S/C23H26O4/c1-16(2)10-11-23-13-12-22(3,4)15-19(23)26-20(24)14-18(23)27-21(25)17-8-6-5-7-9-17/h5-10,14-15H,11-13H2,1-4H3/t23-/m1/s1. The maximum absolute atomic E-state index is 12.7. The summed E-state index contributed by atoms with van der Waals surface area (Å²) in [6.07, 6.45) is 7.72. The summed E-state index contributed by atoms with van der Waals surface area (Å²) in [4.78, 5) is 24.8. The topological polar surface area (TPSA) is 52.6 Å². The van der Waals surface area contributed by atoms with Gasteiger partial charge in [-0.05, 0) is 56.7 Å². The molecule has 1 aliphatic carbocycles. The van der Waals surface area contributed by atoms with Gasteiger partial charge in [0.2, 0.25) is 0 Å². The van der Waals surface area contributed by atoms with Crippen molar-refractivity contribution in [2.45, 2.75) is 47.0 Å². The molecule has 142 valence electrons. The number of esters is 2. The van der Waals surface area contributed by atoms with Gasteiger partial charge in [-0.25, -0.2) is 9.59 Å². The third kappa shape index (κ3) is 4.05. The summed E-state index contributed by atoms with van der Waals surface area (Å²) in [6, 6.07) is 8.82. The number of carbonyl (C=O) groups is 2. The van der Waals surface area contributed by atoms with E-state index in [1.165, 1.54) is 11.6 Å². The predicted octanol–water partition coefficient (Wildman–Crippen LogP) is 5.33. The summed E-state index contributed by atoms with van der Waals surface area (Å²) in [5.41, 5.74) is 0.928. The SMILES string of the molecule is CC(C)=CC[C@]12CCC(C)(C)C=C1OC(=O)C=C2OC(=O)c1ccccc1. The summed E-state index contributed by atoms with van der Waals surface area (Å²) in [6.45, 7) is 8.29. The van der Waals surface area contributed by atoms with Gasteiger partial charge < -0.3 is 9.47 Å². The van der Waals surface area contributed by atoms with Crippen molar-refractivity contribution in [1.29, 1.82) is 0 Å². The molecular formula is C23H26O4. The number of rotatable bonds is 4. The van der Waals surface area contributed by atoms with Crippen molar-refractivity contribution < 1.29 is 19.1 Å². The van der Waals surface area contributed by atoms with Crippen LogP contribution in [0.5, 0.6) is 0 Å². The lowest BCUT2D eigenvalue weighted by molar-refractivity contribution is -0.138. The Bertz CT molecular complexity index is 838. The van der Waals surface area contributed by atoms with Crippen LogP contribution in [0, 0.1) is 10.8 Å². The average Bonchev–Trinajstić information content (AvgIpc) is 2.60. The Balaban J connectivity index is 2.02. The van der Waals surface area contributed by atoms with E-state index < -0.39 is 17.4 Å². The molecule has 1 aromatic rings. The van der Waals surface area contributed by atoms with Crippen LogP contribution in [0.2, 0.25) is 0 Å². The highest BCUT2D eigenvalue weighted by molar-refractivity contribution is 5.92.